The van der Waals surface area contributed by atoms with Gasteiger partial charge >= 0.3 is 0 Å². The third-order valence-electron chi connectivity index (χ3n) is 4.02. The molecule has 0 fully saturated rings. The standard InChI is InChI=1S/C18H17FN2O3/c1-24-16-5-3-2-4-11(16)10-20-18(23)14-9-17(22)21-15-8-12(19)6-7-13(14)15/h2-8,14H,9-10H2,1H3,(H,20,23)(H,21,22)/t14-/m0/s1. The quantitative estimate of drug-likeness (QED) is 0.906. The van der Waals surface area contributed by atoms with Crippen LogP contribution in [-0.2, 0) is 16.1 Å². The first-order valence-electron chi connectivity index (χ1n) is 7.57. The average Bonchev–Trinajstić information content (AvgIpc) is 2.58. The van der Waals surface area contributed by atoms with E-state index in [1.807, 2.05) is 24.3 Å². The Bertz CT molecular complexity index is 792. The highest BCUT2D eigenvalue weighted by Gasteiger charge is 2.30. The molecule has 0 aliphatic carbocycles. The lowest BCUT2D eigenvalue weighted by molar-refractivity contribution is -0.126. The molecule has 2 aromatic rings. The summed E-state index contributed by atoms with van der Waals surface area (Å²) in [6.07, 6.45) is 0.0381. The second-order valence-electron chi connectivity index (χ2n) is 5.57. The van der Waals surface area contributed by atoms with Gasteiger partial charge in [0.2, 0.25) is 11.8 Å². The van der Waals surface area contributed by atoms with E-state index in [0.29, 0.717) is 17.0 Å². The molecule has 5 nitrogen and oxygen atoms in total. The summed E-state index contributed by atoms with van der Waals surface area (Å²) in [5.41, 5.74) is 1.81. The van der Waals surface area contributed by atoms with E-state index >= 15 is 0 Å². The molecule has 2 amide bonds. The molecule has 0 unspecified atom stereocenters. The molecule has 24 heavy (non-hydrogen) atoms. The zero-order valence-corrected chi connectivity index (χ0v) is 13.1. The summed E-state index contributed by atoms with van der Waals surface area (Å²) >= 11 is 0. The molecule has 1 aliphatic rings. The fourth-order valence-electron chi connectivity index (χ4n) is 2.83. The number of benzene rings is 2. The van der Waals surface area contributed by atoms with Crippen LogP contribution in [0.4, 0.5) is 10.1 Å². The number of carbonyl (C=O) groups excluding carboxylic acids is 2. The van der Waals surface area contributed by atoms with Gasteiger partial charge in [-0.3, -0.25) is 9.59 Å². The van der Waals surface area contributed by atoms with Gasteiger partial charge in [-0.05, 0) is 23.8 Å². The number of ether oxygens (including phenoxy) is 1. The van der Waals surface area contributed by atoms with Gasteiger partial charge in [0.1, 0.15) is 11.6 Å². The van der Waals surface area contributed by atoms with E-state index in [-0.39, 0.29) is 24.8 Å². The van der Waals surface area contributed by atoms with E-state index in [1.165, 1.54) is 18.2 Å². The van der Waals surface area contributed by atoms with Gasteiger partial charge in [-0.15, -0.1) is 0 Å². The zero-order valence-electron chi connectivity index (χ0n) is 13.1. The first kappa shape index (κ1) is 16.0. The van der Waals surface area contributed by atoms with Crippen molar-refractivity contribution in [2.45, 2.75) is 18.9 Å². The van der Waals surface area contributed by atoms with Gasteiger partial charge in [0, 0.05) is 24.2 Å². The van der Waals surface area contributed by atoms with E-state index in [2.05, 4.69) is 10.6 Å². The number of fused-ring (bicyclic) bond motifs is 1. The summed E-state index contributed by atoms with van der Waals surface area (Å²) in [7, 11) is 1.57. The third kappa shape index (κ3) is 3.22. The van der Waals surface area contributed by atoms with Crippen molar-refractivity contribution in [3.8, 4) is 5.75 Å². The normalized spacial score (nSPS) is 16.1. The van der Waals surface area contributed by atoms with Gasteiger partial charge in [-0.2, -0.15) is 0 Å². The minimum Gasteiger partial charge on any atom is -0.496 e. The summed E-state index contributed by atoms with van der Waals surface area (Å²) < 4.78 is 18.6. The molecule has 1 heterocycles. The van der Waals surface area contributed by atoms with Crippen molar-refractivity contribution in [1.82, 2.24) is 5.32 Å². The summed E-state index contributed by atoms with van der Waals surface area (Å²) in [6.45, 7) is 0.289. The van der Waals surface area contributed by atoms with E-state index in [0.717, 1.165) is 5.56 Å². The predicted molar refractivity (Wildman–Crippen MR) is 87.2 cm³/mol. The zero-order chi connectivity index (χ0) is 17.1. The first-order chi connectivity index (χ1) is 11.6. The number of hydrogen-bond acceptors (Lipinski definition) is 3. The minimum absolute atomic E-state index is 0.0381. The van der Waals surface area contributed by atoms with Gasteiger partial charge in [0.25, 0.3) is 0 Å². The number of amides is 2. The Morgan fingerprint density at radius 2 is 2.12 bits per heavy atom. The number of methoxy groups -OCH3 is 1. The minimum atomic E-state index is -0.635. The van der Waals surface area contributed by atoms with Crippen LogP contribution in [0.5, 0.6) is 5.75 Å². The van der Waals surface area contributed by atoms with Gasteiger partial charge < -0.3 is 15.4 Å². The fourth-order valence-corrected chi connectivity index (χ4v) is 2.83. The van der Waals surface area contributed by atoms with Crippen LogP contribution in [-0.4, -0.2) is 18.9 Å². The van der Waals surface area contributed by atoms with Crippen LogP contribution in [0.1, 0.15) is 23.5 Å². The van der Waals surface area contributed by atoms with Crippen molar-refractivity contribution in [2.75, 3.05) is 12.4 Å². The lowest BCUT2D eigenvalue weighted by atomic mass is 9.89. The molecular formula is C18H17FN2O3. The molecule has 0 bridgehead atoms. The molecule has 124 valence electrons. The number of rotatable bonds is 4. The highest BCUT2D eigenvalue weighted by atomic mass is 19.1. The second kappa shape index (κ2) is 6.70. The van der Waals surface area contributed by atoms with Crippen LogP contribution in [0.25, 0.3) is 0 Å². The molecule has 6 heteroatoms. The molecule has 3 rings (SSSR count). The van der Waals surface area contributed by atoms with Crippen LogP contribution in [0.15, 0.2) is 42.5 Å². The molecule has 2 aromatic carbocycles. The Kier molecular flexibility index (Phi) is 4.46. The Hall–Kier alpha value is -2.89. The molecule has 2 N–H and O–H groups in total. The number of nitrogens with one attached hydrogen (secondary N) is 2. The van der Waals surface area contributed by atoms with Crippen molar-refractivity contribution >= 4 is 17.5 Å². The molecule has 1 atom stereocenters. The summed E-state index contributed by atoms with van der Waals surface area (Å²) in [5, 5.41) is 5.43. The topological polar surface area (TPSA) is 67.4 Å². The smallest absolute Gasteiger partial charge is 0.228 e. The maximum atomic E-state index is 13.3. The predicted octanol–water partition coefficient (Wildman–Crippen LogP) is 2.58. The molecule has 0 saturated carbocycles. The van der Waals surface area contributed by atoms with Gasteiger partial charge in [-0.25, -0.2) is 4.39 Å². The van der Waals surface area contributed by atoms with Crippen LogP contribution >= 0.6 is 0 Å². The number of carbonyl (C=O) groups is 2. The SMILES string of the molecule is COc1ccccc1CNC(=O)[C@H]1CC(=O)Nc2cc(F)ccc21. The Morgan fingerprint density at radius 1 is 1.33 bits per heavy atom. The van der Waals surface area contributed by atoms with Gasteiger partial charge in [0.15, 0.2) is 0 Å². The Labute approximate surface area is 138 Å². The highest BCUT2D eigenvalue weighted by Crippen LogP contribution is 2.33. The molecule has 0 radical (unpaired) electrons. The average molecular weight is 328 g/mol. The maximum Gasteiger partial charge on any atom is 0.228 e. The number of hydrogen-bond donors (Lipinski definition) is 2. The second-order valence-corrected chi connectivity index (χ2v) is 5.57. The van der Waals surface area contributed by atoms with Crippen molar-refractivity contribution in [1.29, 1.82) is 0 Å². The first-order valence-corrected chi connectivity index (χ1v) is 7.57. The van der Waals surface area contributed by atoms with Crippen LogP contribution in [0, 0.1) is 5.82 Å². The number of para-hydroxylation sites is 1. The monoisotopic (exact) mass is 328 g/mol. The summed E-state index contributed by atoms with van der Waals surface area (Å²) in [5.74, 6) is -0.982. The van der Waals surface area contributed by atoms with Gasteiger partial charge in [0.05, 0.1) is 13.0 Å². The molecule has 0 aromatic heterocycles. The van der Waals surface area contributed by atoms with E-state index in [9.17, 15) is 14.0 Å². The number of anilines is 1. The van der Waals surface area contributed by atoms with Gasteiger partial charge in [-0.1, -0.05) is 24.3 Å². The fraction of sp³-hybridized carbons (Fsp3) is 0.222. The van der Waals surface area contributed by atoms with Crippen molar-refractivity contribution < 1.29 is 18.7 Å². The maximum absolute atomic E-state index is 13.3. The molecule has 0 spiro atoms. The molecule has 1 aliphatic heterocycles. The Balaban J connectivity index is 1.77. The van der Waals surface area contributed by atoms with Crippen molar-refractivity contribution in [3.05, 3.63) is 59.4 Å². The van der Waals surface area contributed by atoms with Crippen LogP contribution < -0.4 is 15.4 Å². The third-order valence-corrected chi connectivity index (χ3v) is 4.02. The Morgan fingerprint density at radius 3 is 2.92 bits per heavy atom. The lowest BCUT2D eigenvalue weighted by Gasteiger charge is -2.25. The largest absolute Gasteiger partial charge is 0.496 e. The van der Waals surface area contributed by atoms with E-state index in [1.54, 1.807) is 7.11 Å². The van der Waals surface area contributed by atoms with Crippen LogP contribution in [0.3, 0.4) is 0 Å². The summed E-state index contributed by atoms with van der Waals surface area (Å²) in [6, 6.07) is 11.4. The van der Waals surface area contributed by atoms with E-state index in [4.69, 9.17) is 4.74 Å². The van der Waals surface area contributed by atoms with Crippen LogP contribution in [0.2, 0.25) is 0 Å². The van der Waals surface area contributed by atoms with E-state index < -0.39 is 11.7 Å². The summed E-state index contributed by atoms with van der Waals surface area (Å²) in [4.78, 5) is 24.3. The number of halogens is 1. The molecular weight excluding hydrogens is 311 g/mol. The molecule has 0 saturated heterocycles. The van der Waals surface area contributed by atoms with Crippen molar-refractivity contribution in [2.24, 2.45) is 0 Å². The highest BCUT2D eigenvalue weighted by molar-refractivity contribution is 6.01. The lowest BCUT2D eigenvalue weighted by Crippen LogP contribution is -2.34. The van der Waals surface area contributed by atoms with Crippen molar-refractivity contribution in [3.63, 3.8) is 0 Å².